The number of rotatable bonds is 4. The summed E-state index contributed by atoms with van der Waals surface area (Å²) < 4.78 is 0. The smallest absolute Gasteiger partial charge is 0.180 e. The van der Waals surface area contributed by atoms with Gasteiger partial charge in [-0.15, -0.1) is 11.3 Å². The molecule has 0 radical (unpaired) electrons. The first kappa shape index (κ1) is 13.1. The van der Waals surface area contributed by atoms with Crippen molar-refractivity contribution < 1.29 is 0 Å². The number of nitrogens with two attached hydrogens (primary N) is 1. The summed E-state index contributed by atoms with van der Waals surface area (Å²) in [5.74, 6) is 1.05. The fraction of sp³-hybridized carbons (Fsp3) is 0.333. The first-order chi connectivity index (χ1) is 9.61. The molecular formula is C15H18N4S. The van der Waals surface area contributed by atoms with E-state index in [4.69, 9.17) is 5.73 Å². The number of aryl methyl sites for hydroxylation is 4. The molecule has 2 heterocycles. The van der Waals surface area contributed by atoms with Gasteiger partial charge in [-0.1, -0.05) is 0 Å². The molecule has 0 bridgehead atoms. The third-order valence-electron chi connectivity index (χ3n) is 3.56. The second-order valence-corrected chi connectivity index (χ2v) is 6.06. The lowest BCUT2D eigenvalue weighted by Crippen LogP contribution is -1.93. The topological polar surface area (TPSA) is 67.6 Å². The standard InChI is InChI=1S/C15H18N4S/c1-9-6-12-13(7-10(9)2)19-14(18-12)5-3-4-11-8-20-15(16)17-11/h6-8H,3-5H2,1-2H3,(H2,16,17)(H,18,19). The average molecular weight is 286 g/mol. The summed E-state index contributed by atoms with van der Waals surface area (Å²) in [7, 11) is 0. The highest BCUT2D eigenvalue weighted by Gasteiger charge is 2.05. The Morgan fingerprint density at radius 1 is 1.15 bits per heavy atom. The van der Waals surface area contributed by atoms with E-state index in [1.807, 2.05) is 5.38 Å². The van der Waals surface area contributed by atoms with Crippen LogP contribution in [0.25, 0.3) is 11.0 Å². The summed E-state index contributed by atoms with van der Waals surface area (Å²) in [6, 6.07) is 4.31. The highest BCUT2D eigenvalue weighted by Crippen LogP contribution is 2.18. The summed E-state index contributed by atoms with van der Waals surface area (Å²) in [4.78, 5) is 12.3. The maximum Gasteiger partial charge on any atom is 0.180 e. The zero-order valence-corrected chi connectivity index (χ0v) is 12.5. The third-order valence-corrected chi connectivity index (χ3v) is 4.29. The van der Waals surface area contributed by atoms with E-state index in [0.717, 1.165) is 41.8 Å². The number of aromatic nitrogens is 3. The minimum atomic E-state index is 0.648. The van der Waals surface area contributed by atoms with E-state index >= 15 is 0 Å². The first-order valence-corrected chi connectivity index (χ1v) is 7.65. The van der Waals surface area contributed by atoms with Crippen LogP contribution < -0.4 is 5.73 Å². The van der Waals surface area contributed by atoms with Gasteiger partial charge in [-0.05, 0) is 49.9 Å². The molecule has 0 atom stereocenters. The molecule has 5 heteroatoms. The molecule has 0 aliphatic carbocycles. The van der Waals surface area contributed by atoms with E-state index in [9.17, 15) is 0 Å². The number of fused-ring (bicyclic) bond motifs is 1. The van der Waals surface area contributed by atoms with Gasteiger partial charge < -0.3 is 10.7 Å². The van der Waals surface area contributed by atoms with E-state index in [-0.39, 0.29) is 0 Å². The largest absolute Gasteiger partial charge is 0.375 e. The minimum Gasteiger partial charge on any atom is -0.375 e. The van der Waals surface area contributed by atoms with Crippen molar-refractivity contribution in [1.82, 2.24) is 15.0 Å². The van der Waals surface area contributed by atoms with E-state index in [1.54, 1.807) is 0 Å². The van der Waals surface area contributed by atoms with Gasteiger partial charge in [0, 0.05) is 11.8 Å². The summed E-state index contributed by atoms with van der Waals surface area (Å²) in [6.07, 6.45) is 2.91. The number of aromatic amines is 1. The second-order valence-electron chi connectivity index (χ2n) is 5.17. The number of nitrogen functional groups attached to an aromatic ring is 1. The molecule has 3 rings (SSSR count). The molecule has 0 aliphatic heterocycles. The maximum absolute atomic E-state index is 5.63. The molecule has 0 aliphatic rings. The van der Waals surface area contributed by atoms with E-state index in [0.29, 0.717) is 5.13 Å². The van der Waals surface area contributed by atoms with Crippen LogP contribution in [0.15, 0.2) is 17.5 Å². The highest BCUT2D eigenvalue weighted by molar-refractivity contribution is 7.13. The molecule has 4 nitrogen and oxygen atoms in total. The molecule has 3 N–H and O–H groups in total. The Kier molecular flexibility index (Phi) is 3.44. The van der Waals surface area contributed by atoms with Gasteiger partial charge in [0.2, 0.25) is 0 Å². The maximum atomic E-state index is 5.63. The number of H-pyrrole nitrogens is 1. The summed E-state index contributed by atoms with van der Waals surface area (Å²) >= 11 is 1.50. The quantitative estimate of drug-likeness (QED) is 0.772. The summed E-state index contributed by atoms with van der Waals surface area (Å²) in [6.45, 7) is 4.25. The molecule has 0 saturated heterocycles. The number of nitrogens with one attached hydrogen (secondary N) is 1. The van der Waals surface area contributed by atoms with Crippen molar-refractivity contribution in [3.63, 3.8) is 0 Å². The van der Waals surface area contributed by atoms with Gasteiger partial charge in [-0.2, -0.15) is 0 Å². The third kappa shape index (κ3) is 2.67. The first-order valence-electron chi connectivity index (χ1n) is 6.77. The molecule has 3 aromatic rings. The molecule has 0 fully saturated rings. The zero-order chi connectivity index (χ0) is 14.1. The Labute approximate surface area is 122 Å². The lowest BCUT2D eigenvalue weighted by atomic mass is 10.1. The van der Waals surface area contributed by atoms with Crippen LogP contribution in [-0.2, 0) is 12.8 Å². The second kappa shape index (κ2) is 5.25. The normalized spacial score (nSPS) is 11.3. The van der Waals surface area contributed by atoms with Crippen molar-refractivity contribution in [3.8, 4) is 0 Å². The van der Waals surface area contributed by atoms with Crippen molar-refractivity contribution in [1.29, 1.82) is 0 Å². The summed E-state index contributed by atoms with van der Waals surface area (Å²) in [5, 5.41) is 2.68. The Hall–Kier alpha value is -1.88. The predicted octanol–water partition coefficient (Wildman–Crippen LogP) is 3.39. The number of hydrogen-bond acceptors (Lipinski definition) is 4. The molecule has 0 amide bonds. The van der Waals surface area contributed by atoms with Crippen LogP contribution in [0.1, 0.15) is 29.1 Å². The lowest BCUT2D eigenvalue weighted by molar-refractivity contribution is 0.774. The van der Waals surface area contributed by atoms with Crippen LogP contribution in [0.4, 0.5) is 5.13 Å². The van der Waals surface area contributed by atoms with Gasteiger partial charge in [0.25, 0.3) is 0 Å². The van der Waals surface area contributed by atoms with Crippen molar-refractivity contribution in [3.05, 3.63) is 40.2 Å². The van der Waals surface area contributed by atoms with Crippen LogP contribution in [-0.4, -0.2) is 15.0 Å². The summed E-state index contributed by atoms with van der Waals surface area (Å²) in [5.41, 5.74) is 11.5. The number of imidazole rings is 1. The Morgan fingerprint density at radius 2 is 1.95 bits per heavy atom. The van der Waals surface area contributed by atoms with Crippen LogP contribution in [0.5, 0.6) is 0 Å². The number of benzene rings is 1. The SMILES string of the molecule is Cc1cc2nc(CCCc3csc(N)n3)[nH]c2cc1C. The molecule has 2 aromatic heterocycles. The van der Waals surface area contributed by atoms with Gasteiger partial charge in [0.1, 0.15) is 5.82 Å². The molecule has 20 heavy (non-hydrogen) atoms. The Morgan fingerprint density at radius 3 is 2.70 bits per heavy atom. The number of anilines is 1. The number of thiazole rings is 1. The Balaban J connectivity index is 1.68. The van der Waals surface area contributed by atoms with Crippen LogP contribution in [0, 0.1) is 13.8 Å². The van der Waals surface area contributed by atoms with Crippen molar-refractivity contribution in [2.45, 2.75) is 33.1 Å². The molecule has 0 unspecified atom stereocenters. The van der Waals surface area contributed by atoms with Gasteiger partial charge in [0.05, 0.1) is 16.7 Å². The van der Waals surface area contributed by atoms with Crippen LogP contribution in [0.3, 0.4) is 0 Å². The van der Waals surface area contributed by atoms with E-state index in [1.165, 1.54) is 22.5 Å². The number of hydrogen-bond donors (Lipinski definition) is 2. The minimum absolute atomic E-state index is 0.648. The zero-order valence-electron chi connectivity index (χ0n) is 11.7. The Bertz CT molecular complexity index is 702. The fourth-order valence-electron chi connectivity index (χ4n) is 2.32. The number of nitrogens with zero attached hydrogens (tertiary/aromatic N) is 2. The van der Waals surface area contributed by atoms with Gasteiger partial charge >= 0.3 is 0 Å². The molecule has 1 aromatic carbocycles. The van der Waals surface area contributed by atoms with Crippen molar-refractivity contribution in [2.24, 2.45) is 0 Å². The van der Waals surface area contributed by atoms with E-state index < -0.39 is 0 Å². The van der Waals surface area contributed by atoms with Crippen LogP contribution in [0.2, 0.25) is 0 Å². The monoisotopic (exact) mass is 286 g/mol. The van der Waals surface area contributed by atoms with Gasteiger partial charge in [-0.25, -0.2) is 9.97 Å². The van der Waals surface area contributed by atoms with Gasteiger partial charge in [-0.3, -0.25) is 0 Å². The predicted molar refractivity (Wildman–Crippen MR) is 84.1 cm³/mol. The highest BCUT2D eigenvalue weighted by atomic mass is 32.1. The fourth-order valence-corrected chi connectivity index (χ4v) is 2.91. The van der Waals surface area contributed by atoms with Gasteiger partial charge in [0.15, 0.2) is 5.13 Å². The van der Waals surface area contributed by atoms with Crippen molar-refractivity contribution >= 4 is 27.5 Å². The molecule has 104 valence electrons. The average Bonchev–Trinajstić information content (AvgIpc) is 2.97. The van der Waals surface area contributed by atoms with Crippen LogP contribution >= 0.6 is 11.3 Å². The lowest BCUT2D eigenvalue weighted by Gasteiger charge is -1.97. The van der Waals surface area contributed by atoms with Crippen molar-refractivity contribution in [2.75, 3.05) is 5.73 Å². The molecule has 0 spiro atoms. The molecular weight excluding hydrogens is 268 g/mol. The van der Waals surface area contributed by atoms with E-state index in [2.05, 4.69) is 40.9 Å². The molecule has 0 saturated carbocycles.